The highest BCUT2D eigenvalue weighted by molar-refractivity contribution is 6.00. The molecule has 0 aliphatic rings. The fraction of sp³-hybridized carbons (Fsp3) is 0.533. The van der Waals surface area contributed by atoms with Crippen LogP contribution in [0.5, 0.6) is 0 Å². The first-order chi connectivity index (χ1) is 9.99. The van der Waals surface area contributed by atoms with E-state index in [-0.39, 0.29) is 17.6 Å². The van der Waals surface area contributed by atoms with E-state index < -0.39 is 4.92 Å². The molecule has 1 amide bonds. The average molecular weight is 293 g/mol. The summed E-state index contributed by atoms with van der Waals surface area (Å²) in [6.07, 6.45) is 2.75. The molecule has 0 radical (unpaired) electrons. The lowest BCUT2D eigenvalue weighted by atomic mass is 10.1. The molecule has 1 aromatic carbocycles. The maximum absolute atomic E-state index is 12.3. The number of nitrogens with one attached hydrogen (secondary N) is 2. The van der Waals surface area contributed by atoms with Gasteiger partial charge < -0.3 is 10.6 Å². The standard InChI is InChI=1S/C15H23N3O3/c1-4-6-11(3)17-15(19)13-10-12(18(20)21)7-8-14(13)16-9-5-2/h7-8,10-11,16H,4-6,9H2,1-3H3,(H,17,19). The van der Waals surface area contributed by atoms with Gasteiger partial charge in [0.1, 0.15) is 0 Å². The highest BCUT2D eigenvalue weighted by atomic mass is 16.6. The minimum atomic E-state index is -0.490. The van der Waals surface area contributed by atoms with Crippen molar-refractivity contribution in [2.24, 2.45) is 0 Å². The molecular formula is C15H23N3O3. The van der Waals surface area contributed by atoms with Crippen LogP contribution in [0.15, 0.2) is 18.2 Å². The number of anilines is 1. The van der Waals surface area contributed by atoms with Crippen LogP contribution in [0.4, 0.5) is 11.4 Å². The summed E-state index contributed by atoms with van der Waals surface area (Å²) < 4.78 is 0. The van der Waals surface area contributed by atoms with Gasteiger partial charge in [-0.05, 0) is 25.8 Å². The maximum Gasteiger partial charge on any atom is 0.270 e. The van der Waals surface area contributed by atoms with Gasteiger partial charge in [0.2, 0.25) is 0 Å². The lowest BCUT2D eigenvalue weighted by Gasteiger charge is -2.15. The topological polar surface area (TPSA) is 84.3 Å². The predicted molar refractivity (Wildman–Crippen MR) is 83.7 cm³/mol. The molecule has 0 aliphatic heterocycles. The molecule has 0 saturated carbocycles. The fourth-order valence-electron chi connectivity index (χ4n) is 2.05. The van der Waals surface area contributed by atoms with Crippen LogP contribution in [0, 0.1) is 10.1 Å². The molecule has 116 valence electrons. The van der Waals surface area contributed by atoms with E-state index in [2.05, 4.69) is 10.6 Å². The molecule has 0 aromatic heterocycles. The van der Waals surface area contributed by atoms with E-state index in [0.717, 1.165) is 19.3 Å². The summed E-state index contributed by atoms with van der Waals surface area (Å²) >= 11 is 0. The molecule has 6 heteroatoms. The van der Waals surface area contributed by atoms with Crippen LogP contribution < -0.4 is 10.6 Å². The molecule has 1 atom stereocenters. The first-order valence-electron chi connectivity index (χ1n) is 7.32. The first-order valence-corrected chi connectivity index (χ1v) is 7.32. The first kappa shape index (κ1) is 16.9. The van der Waals surface area contributed by atoms with E-state index >= 15 is 0 Å². The van der Waals surface area contributed by atoms with Gasteiger partial charge in [0.15, 0.2) is 0 Å². The Morgan fingerprint density at radius 2 is 2.05 bits per heavy atom. The van der Waals surface area contributed by atoms with Gasteiger partial charge in [-0.1, -0.05) is 20.3 Å². The SMILES string of the molecule is CCCNc1ccc([N+](=O)[O-])cc1C(=O)NC(C)CCC. The van der Waals surface area contributed by atoms with E-state index in [0.29, 0.717) is 17.8 Å². The van der Waals surface area contributed by atoms with Crippen LogP contribution in [0.25, 0.3) is 0 Å². The number of carbonyl (C=O) groups excluding carboxylic acids is 1. The summed E-state index contributed by atoms with van der Waals surface area (Å²) in [6.45, 7) is 6.70. The van der Waals surface area contributed by atoms with Gasteiger partial charge in [0, 0.05) is 30.4 Å². The smallest absolute Gasteiger partial charge is 0.270 e. The van der Waals surface area contributed by atoms with Crippen molar-refractivity contribution in [2.45, 2.75) is 46.1 Å². The van der Waals surface area contributed by atoms with Crippen molar-refractivity contribution in [3.63, 3.8) is 0 Å². The Balaban J connectivity index is 3.01. The Hall–Kier alpha value is -2.11. The third kappa shape index (κ3) is 5.06. The maximum atomic E-state index is 12.3. The Morgan fingerprint density at radius 1 is 1.33 bits per heavy atom. The average Bonchev–Trinajstić information content (AvgIpc) is 2.44. The van der Waals surface area contributed by atoms with Gasteiger partial charge in [-0.3, -0.25) is 14.9 Å². The second-order valence-electron chi connectivity index (χ2n) is 5.08. The largest absolute Gasteiger partial charge is 0.384 e. The molecule has 1 aromatic rings. The molecule has 6 nitrogen and oxygen atoms in total. The van der Waals surface area contributed by atoms with Crippen LogP contribution in [-0.4, -0.2) is 23.4 Å². The highest BCUT2D eigenvalue weighted by Gasteiger charge is 2.17. The van der Waals surface area contributed by atoms with Crippen LogP contribution in [0.3, 0.4) is 0 Å². The van der Waals surface area contributed by atoms with Gasteiger partial charge in [-0.25, -0.2) is 0 Å². The van der Waals surface area contributed by atoms with Gasteiger partial charge in [-0.15, -0.1) is 0 Å². The molecule has 0 saturated heterocycles. The number of carbonyl (C=O) groups is 1. The van der Waals surface area contributed by atoms with E-state index in [1.807, 2.05) is 20.8 Å². The summed E-state index contributed by atoms with van der Waals surface area (Å²) in [5, 5.41) is 16.9. The van der Waals surface area contributed by atoms with Crippen LogP contribution >= 0.6 is 0 Å². The van der Waals surface area contributed by atoms with Crippen molar-refractivity contribution in [3.05, 3.63) is 33.9 Å². The molecule has 0 heterocycles. The van der Waals surface area contributed by atoms with Gasteiger partial charge in [0.05, 0.1) is 10.5 Å². The molecule has 2 N–H and O–H groups in total. The van der Waals surface area contributed by atoms with Crippen LogP contribution in [0.1, 0.15) is 50.4 Å². The Labute approximate surface area is 125 Å². The summed E-state index contributed by atoms with van der Waals surface area (Å²) in [5.41, 5.74) is 0.870. The quantitative estimate of drug-likeness (QED) is 0.568. The number of non-ortho nitro benzene ring substituents is 1. The second kappa shape index (κ2) is 8.24. The normalized spacial score (nSPS) is 11.8. The minimum Gasteiger partial charge on any atom is -0.384 e. The number of benzene rings is 1. The predicted octanol–water partition coefficient (Wildman–Crippen LogP) is 3.34. The van der Waals surface area contributed by atoms with E-state index in [4.69, 9.17) is 0 Å². The van der Waals surface area contributed by atoms with Crippen molar-refractivity contribution in [1.82, 2.24) is 5.32 Å². The fourth-order valence-corrected chi connectivity index (χ4v) is 2.05. The summed E-state index contributed by atoms with van der Waals surface area (Å²) in [4.78, 5) is 22.7. The number of nitro groups is 1. The van der Waals surface area contributed by atoms with Gasteiger partial charge >= 0.3 is 0 Å². The number of nitro benzene ring substituents is 1. The number of hydrogen-bond donors (Lipinski definition) is 2. The number of nitrogens with zero attached hydrogens (tertiary/aromatic N) is 1. The highest BCUT2D eigenvalue weighted by Crippen LogP contribution is 2.22. The monoisotopic (exact) mass is 293 g/mol. The summed E-state index contributed by atoms with van der Waals surface area (Å²) in [6, 6.07) is 4.37. The molecule has 0 bridgehead atoms. The molecule has 1 unspecified atom stereocenters. The van der Waals surface area contributed by atoms with Crippen molar-refractivity contribution >= 4 is 17.3 Å². The molecule has 21 heavy (non-hydrogen) atoms. The number of amides is 1. The Morgan fingerprint density at radius 3 is 2.62 bits per heavy atom. The Kier molecular flexibility index (Phi) is 6.65. The van der Waals surface area contributed by atoms with Crippen LogP contribution in [-0.2, 0) is 0 Å². The van der Waals surface area contributed by atoms with E-state index in [9.17, 15) is 14.9 Å². The molecule has 1 rings (SSSR count). The zero-order valence-corrected chi connectivity index (χ0v) is 12.8. The second-order valence-corrected chi connectivity index (χ2v) is 5.08. The minimum absolute atomic E-state index is 0.0424. The zero-order valence-electron chi connectivity index (χ0n) is 12.8. The van der Waals surface area contributed by atoms with Crippen molar-refractivity contribution in [2.75, 3.05) is 11.9 Å². The number of hydrogen-bond acceptors (Lipinski definition) is 4. The Bertz CT molecular complexity index is 503. The number of rotatable bonds is 8. The lowest BCUT2D eigenvalue weighted by Crippen LogP contribution is -2.33. The summed E-state index contributed by atoms with van der Waals surface area (Å²) in [7, 11) is 0. The third-order valence-electron chi connectivity index (χ3n) is 3.12. The molecule has 0 fully saturated rings. The van der Waals surface area contributed by atoms with E-state index in [1.54, 1.807) is 6.07 Å². The van der Waals surface area contributed by atoms with Gasteiger partial charge in [-0.2, -0.15) is 0 Å². The van der Waals surface area contributed by atoms with Gasteiger partial charge in [0.25, 0.3) is 11.6 Å². The zero-order chi connectivity index (χ0) is 15.8. The molecule has 0 aliphatic carbocycles. The third-order valence-corrected chi connectivity index (χ3v) is 3.12. The van der Waals surface area contributed by atoms with E-state index in [1.165, 1.54) is 12.1 Å². The summed E-state index contributed by atoms with van der Waals surface area (Å²) in [5.74, 6) is -0.279. The van der Waals surface area contributed by atoms with Crippen LogP contribution in [0.2, 0.25) is 0 Å². The lowest BCUT2D eigenvalue weighted by molar-refractivity contribution is -0.384. The van der Waals surface area contributed by atoms with Crippen molar-refractivity contribution in [3.8, 4) is 0 Å². The van der Waals surface area contributed by atoms with Crippen molar-refractivity contribution in [1.29, 1.82) is 0 Å². The molecule has 0 spiro atoms. The van der Waals surface area contributed by atoms with Crippen molar-refractivity contribution < 1.29 is 9.72 Å². The molecular weight excluding hydrogens is 270 g/mol.